The first kappa shape index (κ1) is 28.5. The Morgan fingerprint density at radius 1 is 1.18 bits per heavy atom. The molecule has 0 aliphatic carbocycles. The molecule has 0 spiro atoms. The summed E-state index contributed by atoms with van der Waals surface area (Å²) in [5.41, 5.74) is -6.37. The lowest BCUT2D eigenvalue weighted by Crippen LogP contribution is -2.43. The highest BCUT2D eigenvalue weighted by atomic mass is 35.5. The molecule has 2 heterocycles. The first-order chi connectivity index (χ1) is 18.2. The zero-order valence-corrected chi connectivity index (χ0v) is 20.9. The van der Waals surface area contributed by atoms with Gasteiger partial charge in [-0.2, -0.15) is 26.3 Å². The van der Waals surface area contributed by atoms with Crippen molar-refractivity contribution in [3.8, 4) is 0 Å². The van der Waals surface area contributed by atoms with Crippen molar-refractivity contribution in [3.63, 3.8) is 0 Å². The number of halogens is 8. The summed E-state index contributed by atoms with van der Waals surface area (Å²) < 4.78 is 103. The molecule has 2 aliphatic rings. The average molecular weight is 582 g/mol. The van der Waals surface area contributed by atoms with Gasteiger partial charge in [0.15, 0.2) is 0 Å². The van der Waals surface area contributed by atoms with Crippen LogP contribution in [0.25, 0.3) is 0 Å². The van der Waals surface area contributed by atoms with E-state index >= 15 is 0 Å². The van der Waals surface area contributed by atoms with Gasteiger partial charge in [-0.25, -0.2) is 4.39 Å². The fraction of sp³-hybridized carbons (Fsp3) is 0.375. The second kappa shape index (κ2) is 10.2. The molecule has 0 aromatic heterocycles. The highest BCUT2D eigenvalue weighted by molar-refractivity contribution is 6.30. The van der Waals surface area contributed by atoms with Crippen LogP contribution in [0.5, 0.6) is 0 Å². The molecule has 15 heteroatoms. The molecule has 0 bridgehead atoms. The maximum atomic E-state index is 14.8. The predicted octanol–water partition coefficient (Wildman–Crippen LogP) is 6.21. The van der Waals surface area contributed by atoms with E-state index in [0.29, 0.717) is 18.1 Å². The van der Waals surface area contributed by atoms with Crippen LogP contribution >= 0.6 is 11.6 Å². The number of alkyl halides is 6. The fourth-order valence-electron chi connectivity index (χ4n) is 4.09. The fourth-order valence-corrected chi connectivity index (χ4v) is 4.31. The van der Waals surface area contributed by atoms with Gasteiger partial charge in [-0.1, -0.05) is 22.8 Å². The molecular weight excluding hydrogens is 563 g/mol. The molecule has 2 aliphatic heterocycles. The molecular formula is C24H19ClF7N3O4. The lowest BCUT2D eigenvalue weighted by atomic mass is 9.85. The van der Waals surface area contributed by atoms with Gasteiger partial charge in [0.25, 0.3) is 11.5 Å². The number of hydrogen-bond donors (Lipinski definition) is 1. The molecule has 4 rings (SSSR count). The normalized spacial score (nSPS) is 21.1. The van der Waals surface area contributed by atoms with Crippen LogP contribution in [0.4, 0.5) is 30.7 Å². The summed E-state index contributed by atoms with van der Waals surface area (Å²) in [4.78, 5) is 22.4. The SMILES string of the molecule is CCOC1=NO[C@@H](NC(=O)c2ccc(C3=NO[C@@](c4cc(C(F)(F)F)cc(Cl)c4F)(C(F)(F)F)C3)cc2C)C1. The number of aryl methyl sites for hydroxylation is 1. The maximum Gasteiger partial charge on any atom is 0.435 e. The Balaban J connectivity index is 1.59. The molecule has 2 aromatic rings. The molecule has 1 N–H and O–H groups in total. The topological polar surface area (TPSA) is 81.5 Å². The molecule has 0 saturated carbocycles. The van der Waals surface area contributed by atoms with E-state index in [-0.39, 0.29) is 35.4 Å². The van der Waals surface area contributed by atoms with E-state index in [1.54, 1.807) is 6.92 Å². The minimum absolute atomic E-state index is 0.0115. The smallest absolute Gasteiger partial charge is 0.435 e. The van der Waals surface area contributed by atoms with Gasteiger partial charge in [0.05, 0.1) is 35.7 Å². The van der Waals surface area contributed by atoms with Crippen molar-refractivity contribution in [2.24, 2.45) is 10.3 Å². The standard InChI is InChI=1S/C24H19ClF7N3O4/c1-3-37-19-9-18(38-35-19)33-21(36)14-5-4-12(6-11(14)2)17-10-22(39-34-17,24(30,31)32)15-7-13(23(27,28)29)8-16(25)20(15)26/h4-8,18H,3,9-10H2,1-2H3,(H,33,36)/t18-,22+/m1/s1. The first-order valence-electron chi connectivity index (χ1n) is 11.3. The Morgan fingerprint density at radius 3 is 2.51 bits per heavy atom. The minimum Gasteiger partial charge on any atom is -0.479 e. The quantitative estimate of drug-likeness (QED) is 0.426. The number of carbonyl (C=O) groups excluding carboxylic acids is 1. The lowest BCUT2D eigenvalue weighted by molar-refractivity contribution is -0.276. The van der Waals surface area contributed by atoms with Crippen LogP contribution in [0, 0.1) is 12.7 Å². The van der Waals surface area contributed by atoms with E-state index in [4.69, 9.17) is 21.2 Å². The lowest BCUT2D eigenvalue weighted by Gasteiger charge is -2.30. The molecule has 0 saturated heterocycles. The summed E-state index contributed by atoms with van der Waals surface area (Å²) >= 11 is 5.52. The molecule has 1 amide bonds. The van der Waals surface area contributed by atoms with Crippen LogP contribution < -0.4 is 5.32 Å². The number of nitrogens with one attached hydrogen (secondary N) is 1. The molecule has 39 heavy (non-hydrogen) atoms. The van der Waals surface area contributed by atoms with Gasteiger partial charge in [-0.3, -0.25) is 4.79 Å². The van der Waals surface area contributed by atoms with Crippen LogP contribution in [0.2, 0.25) is 5.02 Å². The monoisotopic (exact) mass is 581 g/mol. The second-order valence-electron chi connectivity index (χ2n) is 8.67. The van der Waals surface area contributed by atoms with Crippen LogP contribution in [0.15, 0.2) is 40.6 Å². The molecule has 2 atom stereocenters. The van der Waals surface area contributed by atoms with Crippen molar-refractivity contribution >= 4 is 29.1 Å². The average Bonchev–Trinajstić information content (AvgIpc) is 3.48. The van der Waals surface area contributed by atoms with Gasteiger partial charge in [0.1, 0.15) is 5.82 Å². The summed E-state index contributed by atoms with van der Waals surface area (Å²) in [5, 5.41) is 8.57. The summed E-state index contributed by atoms with van der Waals surface area (Å²) in [5.74, 6) is -1.97. The molecule has 210 valence electrons. The zero-order chi connectivity index (χ0) is 28.8. The third-order valence-electron chi connectivity index (χ3n) is 6.03. The van der Waals surface area contributed by atoms with Crippen LogP contribution in [-0.2, 0) is 26.2 Å². The Morgan fingerprint density at radius 2 is 1.90 bits per heavy atom. The number of ether oxygens (including phenoxy) is 1. The van der Waals surface area contributed by atoms with E-state index in [0.717, 1.165) is 0 Å². The van der Waals surface area contributed by atoms with E-state index in [9.17, 15) is 35.5 Å². The molecule has 0 unspecified atom stereocenters. The van der Waals surface area contributed by atoms with Gasteiger partial charge < -0.3 is 19.7 Å². The summed E-state index contributed by atoms with van der Waals surface area (Å²) in [6.07, 6.45) is -12.2. The van der Waals surface area contributed by atoms with Crippen LogP contribution in [0.1, 0.15) is 52.4 Å². The van der Waals surface area contributed by atoms with E-state index in [2.05, 4.69) is 20.5 Å². The van der Waals surface area contributed by atoms with Crippen LogP contribution in [-0.4, -0.2) is 36.5 Å². The van der Waals surface area contributed by atoms with Crippen molar-refractivity contribution in [1.82, 2.24) is 5.32 Å². The molecule has 0 fully saturated rings. The van der Waals surface area contributed by atoms with Gasteiger partial charge in [0.2, 0.25) is 12.1 Å². The highest BCUT2D eigenvalue weighted by Crippen LogP contribution is 2.51. The number of hydrogen-bond acceptors (Lipinski definition) is 6. The predicted molar refractivity (Wildman–Crippen MR) is 124 cm³/mol. The maximum absolute atomic E-state index is 14.8. The van der Waals surface area contributed by atoms with Gasteiger partial charge in [-0.05, 0) is 54.4 Å². The van der Waals surface area contributed by atoms with E-state index in [1.807, 2.05) is 0 Å². The van der Waals surface area contributed by atoms with Crippen LogP contribution in [0.3, 0.4) is 0 Å². The van der Waals surface area contributed by atoms with E-state index in [1.165, 1.54) is 25.1 Å². The van der Waals surface area contributed by atoms with Gasteiger partial charge >= 0.3 is 12.4 Å². The van der Waals surface area contributed by atoms with Crippen molar-refractivity contribution in [1.29, 1.82) is 0 Å². The Bertz CT molecular complexity index is 1360. The summed E-state index contributed by atoms with van der Waals surface area (Å²) in [6, 6.07) is 4.14. The zero-order valence-electron chi connectivity index (χ0n) is 20.1. The number of carbonyl (C=O) groups is 1. The Kier molecular flexibility index (Phi) is 7.45. The number of oxime groups is 2. The van der Waals surface area contributed by atoms with Gasteiger partial charge in [-0.15, -0.1) is 0 Å². The number of amides is 1. The summed E-state index contributed by atoms with van der Waals surface area (Å²) in [6.45, 7) is 3.62. The largest absolute Gasteiger partial charge is 0.479 e. The Labute approximate surface area is 221 Å². The molecule has 7 nitrogen and oxygen atoms in total. The summed E-state index contributed by atoms with van der Waals surface area (Å²) in [7, 11) is 0. The van der Waals surface area contributed by atoms with Crippen molar-refractivity contribution < 1.29 is 49.9 Å². The highest BCUT2D eigenvalue weighted by Gasteiger charge is 2.64. The first-order valence-corrected chi connectivity index (χ1v) is 11.7. The number of rotatable bonds is 5. The third kappa shape index (κ3) is 5.47. The minimum atomic E-state index is -5.38. The van der Waals surface area contributed by atoms with E-state index < -0.39 is 58.5 Å². The number of benzene rings is 2. The second-order valence-corrected chi connectivity index (χ2v) is 9.07. The van der Waals surface area contributed by atoms with Gasteiger partial charge in [0, 0.05) is 11.1 Å². The van der Waals surface area contributed by atoms with Crippen molar-refractivity contribution in [3.05, 3.63) is 69.0 Å². The molecule has 2 aromatic carbocycles. The molecule has 0 radical (unpaired) electrons. The number of nitrogens with zero attached hydrogens (tertiary/aromatic N) is 2. The van der Waals surface area contributed by atoms with Crippen molar-refractivity contribution in [2.45, 2.75) is 50.9 Å². The Hall–Kier alpha value is -3.55. The van der Waals surface area contributed by atoms with Crippen molar-refractivity contribution in [2.75, 3.05) is 6.61 Å². The third-order valence-corrected chi connectivity index (χ3v) is 6.30.